The molecule has 1 aromatic heterocycles. The van der Waals surface area contributed by atoms with E-state index in [9.17, 15) is 0 Å². The number of hydrogen-bond donors (Lipinski definition) is 0. The molecule has 7 nitrogen and oxygen atoms in total. The van der Waals surface area contributed by atoms with Crippen molar-refractivity contribution in [3.05, 3.63) is 76.5 Å². The quantitative estimate of drug-likeness (QED) is 0.529. The number of halogens is 2. The van der Waals surface area contributed by atoms with Crippen molar-refractivity contribution in [3.8, 4) is 11.5 Å². The molecule has 2 aliphatic heterocycles. The number of piperazine rings is 1. The smallest absolute Gasteiger partial charge is 0.225 e. The average molecular weight is 481 g/mol. The summed E-state index contributed by atoms with van der Waals surface area (Å²) >= 11 is 12.1. The predicted octanol–water partition coefficient (Wildman–Crippen LogP) is 4.71. The van der Waals surface area contributed by atoms with Gasteiger partial charge in [0.2, 0.25) is 5.95 Å². The predicted molar refractivity (Wildman–Crippen MR) is 132 cm³/mol. The minimum Gasteiger partial charge on any atom is -0.457 e. The first-order valence-electron chi connectivity index (χ1n) is 10.7. The van der Waals surface area contributed by atoms with Crippen LogP contribution in [-0.2, 0) is 5.54 Å². The third-order valence-corrected chi connectivity index (χ3v) is 6.67. The Morgan fingerprint density at radius 1 is 0.848 bits per heavy atom. The van der Waals surface area contributed by atoms with Gasteiger partial charge in [-0.3, -0.25) is 9.89 Å². The number of benzene rings is 2. The van der Waals surface area contributed by atoms with Crippen LogP contribution in [0.5, 0.6) is 11.5 Å². The van der Waals surface area contributed by atoms with E-state index >= 15 is 0 Å². The molecule has 33 heavy (non-hydrogen) atoms. The van der Waals surface area contributed by atoms with E-state index < -0.39 is 5.54 Å². The van der Waals surface area contributed by atoms with Crippen LogP contribution in [0.2, 0.25) is 10.0 Å². The highest BCUT2D eigenvalue weighted by molar-refractivity contribution is 6.42. The van der Waals surface area contributed by atoms with E-state index in [1.807, 2.05) is 24.4 Å². The van der Waals surface area contributed by atoms with Crippen molar-refractivity contribution in [3.63, 3.8) is 0 Å². The monoisotopic (exact) mass is 480 g/mol. The van der Waals surface area contributed by atoms with E-state index in [0.29, 0.717) is 22.3 Å². The lowest BCUT2D eigenvalue weighted by atomic mass is 9.87. The summed E-state index contributed by atoms with van der Waals surface area (Å²) in [4.78, 5) is 22.3. The highest BCUT2D eigenvalue weighted by atomic mass is 35.5. The van der Waals surface area contributed by atoms with Crippen LogP contribution < -0.4 is 9.64 Å². The molecule has 5 rings (SSSR count). The van der Waals surface area contributed by atoms with Crippen LogP contribution >= 0.6 is 23.2 Å². The molecule has 1 atom stereocenters. The molecule has 9 heteroatoms. The summed E-state index contributed by atoms with van der Waals surface area (Å²) in [6.45, 7) is 3.98. The number of hydrogen-bond acceptors (Lipinski definition) is 7. The molecular weight excluding hydrogens is 459 g/mol. The number of anilines is 1. The van der Waals surface area contributed by atoms with Crippen LogP contribution in [0.4, 0.5) is 5.95 Å². The van der Waals surface area contributed by atoms with Crippen LogP contribution in [0.25, 0.3) is 0 Å². The Labute approximate surface area is 202 Å². The molecule has 0 radical (unpaired) electrons. The molecule has 1 unspecified atom stereocenters. The van der Waals surface area contributed by atoms with Crippen LogP contribution in [0, 0.1) is 0 Å². The first-order valence-corrected chi connectivity index (χ1v) is 11.4. The van der Waals surface area contributed by atoms with Gasteiger partial charge in [-0.05, 0) is 35.9 Å². The van der Waals surface area contributed by atoms with Crippen molar-refractivity contribution in [2.24, 2.45) is 9.98 Å². The molecular formula is C24H22Cl2N6O. The van der Waals surface area contributed by atoms with E-state index in [0.717, 1.165) is 43.4 Å². The first-order chi connectivity index (χ1) is 16.1. The summed E-state index contributed by atoms with van der Waals surface area (Å²) in [6.07, 6.45) is 7.18. The van der Waals surface area contributed by atoms with Gasteiger partial charge in [-0.2, -0.15) is 0 Å². The van der Waals surface area contributed by atoms with Crippen molar-refractivity contribution in [2.45, 2.75) is 5.54 Å². The Balaban J connectivity index is 1.34. The van der Waals surface area contributed by atoms with Gasteiger partial charge in [0.25, 0.3) is 0 Å². The standard InChI is InChI=1S/C24H22Cl2N6O/c25-21-7-6-20(14-22(21)26)33-19-4-2-18(3-5-19)24(15-27-17-28-16-24)32-12-10-31(11-13-32)23-29-8-1-9-30-23/h1-9,14-15,17H,10-13,16H2. The molecule has 0 amide bonds. The zero-order chi connectivity index (χ0) is 22.7. The summed E-state index contributed by atoms with van der Waals surface area (Å²) in [5.74, 6) is 2.12. The van der Waals surface area contributed by atoms with Crippen molar-refractivity contribution < 1.29 is 4.74 Å². The topological polar surface area (TPSA) is 66.2 Å². The van der Waals surface area contributed by atoms with Crippen molar-refractivity contribution in [1.29, 1.82) is 0 Å². The summed E-state index contributed by atoms with van der Waals surface area (Å²) in [7, 11) is 0. The van der Waals surface area contributed by atoms with E-state index in [1.165, 1.54) is 0 Å². The van der Waals surface area contributed by atoms with Gasteiger partial charge in [-0.25, -0.2) is 15.0 Å². The Kier molecular flexibility index (Phi) is 6.26. The second-order valence-corrected chi connectivity index (χ2v) is 8.70. The third-order valence-electron chi connectivity index (χ3n) is 5.93. The number of aromatic nitrogens is 2. The molecule has 168 valence electrons. The second-order valence-electron chi connectivity index (χ2n) is 7.88. The van der Waals surface area contributed by atoms with Crippen LogP contribution in [-0.4, -0.2) is 60.1 Å². The van der Waals surface area contributed by atoms with Gasteiger partial charge in [-0.15, -0.1) is 0 Å². The molecule has 3 aromatic rings. The Morgan fingerprint density at radius 2 is 1.58 bits per heavy atom. The fraction of sp³-hybridized carbons (Fsp3) is 0.250. The van der Waals surface area contributed by atoms with Gasteiger partial charge in [0, 0.05) is 50.9 Å². The van der Waals surface area contributed by atoms with Gasteiger partial charge in [0.05, 0.1) is 16.6 Å². The molecule has 2 aromatic carbocycles. The maximum absolute atomic E-state index is 6.10. The molecule has 0 saturated carbocycles. The van der Waals surface area contributed by atoms with Gasteiger partial charge < -0.3 is 9.64 Å². The van der Waals surface area contributed by atoms with Crippen LogP contribution in [0.3, 0.4) is 0 Å². The number of aliphatic imine (C=N–C) groups is 2. The van der Waals surface area contributed by atoms with Gasteiger partial charge >= 0.3 is 0 Å². The van der Waals surface area contributed by atoms with E-state index in [-0.39, 0.29) is 0 Å². The Hall–Kier alpha value is -3.00. The Bertz CT molecular complexity index is 1160. The molecule has 2 aliphatic rings. The maximum Gasteiger partial charge on any atom is 0.225 e. The zero-order valence-corrected chi connectivity index (χ0v) is 19.3. The molecule has 3 heterocycles. The van der Waals surface area contributed by atoms with E-state index in [1.54, 1.807) is 36.9 Å². The number of nitrogens with zero attached hydrogens (tertiary/aromatic N) is 6. The fourth-order valence-corrected chi connectivity index (χ4v) is 4.49. The van der Waals surface area contributed by atoms with E-state index in [4.69, 9.17) is 27.9 Å². The number of ether oxygens (including phenoxy) is 1. The van der Waals surface area contributed by atoms with Crippen molar-refractivity contribution in [1.82, 2.24) is 14.9 Å². The fourth-order valence-electron chi connectivity index (χ4n) is 4.20. The lowest BCUT2D eigenvalue weighted by molar-refractivity contribution is 0.146. The number of rotatable bonds is 5. The zero-order valence-electron chi connectivity index (χ0n) is 17.8. The van der Waals surface area contributed by atoms with Crippen LogP contribution in [0.15, 0.2) is 70.9 Å². The first kappa shape index (κ1) is 21.8. The third kappa shape index (κ3) is 4.57. The summed E-state index contributed by atoms with van der Waals surface area (Å²) < 4.78 is 5.96. The molecule has 0 bridgehead atoms. The van der Waals surface area contributed by atoms with Crippen molar-refractivity contribution >= 4 is 41.7 Å². The molecule has 0 spiro atoms. The van der Waals surface area contributed by atoms with Gasteiger partial charge in [0.15, 0.2) is 0 Å². The minimum absolute atomic E-state index is 0.402. The molecule has 0 aliphatic carbocycles. The van der Waals surface area contributed by atoms with Gasteiger partial charge in [0.1, 0.15) is 23.4 Å². The lowest BCUT2D eigenvalue weighted by Gasteiger charge is -2.46. The molecule has 1 fully saturated rings. The minimum atomic E-state index is -0.402. The average Bonchev–Trinajstić information content (AvgIpc) is 2.88. The molecule has 0 N–H and O–H groups in total. The largest absolute Gasteiger partial charge is 0.457 e. The second kappa shape index (κ2) is 9.47. The summed E-state index contributed by atoms with van der Waals surface area (Å²) in [5.41, 5.74) is 0.717. The van der Waals surface area contributed by atoms with Crippen molar-refractivity contribution in [2.75, 3.05) is 37.6 Å². The summed E-state index contributed by atoms with van der Waals surface area (Å²) in [5, 5.41) is 0.957. The maximum atomic E-state index is 6.10. The normalized spacial score (nSPS) is 20.7. The SMILES string of the molecule is Clc1ccc(Oc2ccc(C3(N4CCN(c5ncccn5)CC4)C=NC=NC3)cc2)cc1Cl. The van der Waals surface area contributed by atoms with E-state index in [2.05, 4.69) is 41.9 Å². The highest BCUT2D eigenvalue weighted by Crippen LogP contribution is 2.34. The van der Waals surface area contributed by atoms with Crippen LogP contribution in [0.1, 0.15) is 5.56 Å². The lowest BCUT2D eigenvalue weighted by Crippen LogP contribution is -2.58. The summed E-state index contributed by atoms with van der Waals surface area (Å²) in [6, 6.07) is 15.1. The molecule has 1 saturated heterocycles. The highest BCUT2D eigenvalue weighted by Gasteiger charge is 2.40. The Morgan fingerprint density at radius 3 is 2.24 bits per heavy atom. The van der Waals surface area contributed by atoms with Gasteiger partial charge in [-0.1, -0.05) is 35.3 Å².